The third kappa shape index (κ3) is 3.20. The molecule has 1 aromatic rings. The van der Waals surface area contributed by atoms with E-state index in [1.54, 1.807) is 24.3 Å². The maximum absolute atomic E-state index is 10.8. The standard InChI is InChI=1S/C14H23NO2/c1-5-14(17,11(2)10-15(3)4)12-6-8-13(16)9-7-12/h6-9,11,16-17H,5,10H2,1-4H3. The topological polar surface area (TPSA) is 43.7 Å². The Morgan fingerprint density at radius 2 is 1.76 bits per heavy atom. The molecule has 3 nitrogen and oxygen atoms in total. The molecule has 2 atom stereocenters. The van der Waals surface area contributed by atoms with E-state index < -0.39 is 5.60 Å². The Bertz CT molecular complexity index is 348. The van der Waals surface area contributed by atoms with Gasteiger partial charge in [-0.1, -0.05) is 26.0 Å². The van der Waals surface area contributed by atoms with Crippen LogP contribution >= 0.6 is 0 Å². The fraction of sp³-hybridized carbons (Fsp3) is 0.571. The predicted octanol–water partition coefficient (Wildman–Crippen LogP) is 2.19. The summed E-state index contributed by atoms with van der Waals surface area (Å²) >= 11 is 0. The molecule has 0 aromatic heterocycles. The maximum atomic E-state index is 10.8. The highest BCUT2D eigenvalue weighted by Gasteiger charge is 2.33. The minimum atomic E-state index is -0.835. The van der Waals surface area contributed by atoms with Crippen molar-refractivity contribution < 1.29 is 10.2 Å². The maximum Gasteiger partial charge on any atom is 0.115 e. The fourth-order valence-electron chi connectivity index (χ4n) is 2.29. The molecule has 1 aromatic carbocycles. The van der Waals surface area contributed by atoms with Crippen LogP contribution in [0.25, 0.3) is 0 Å². The van der Waals surface area contributed by atoms with E-state index in [0.717, 1.165) is 12.1 Å². The van der Waals surface area contributed by atoms with E-state index in [2.05, 4.69) is 11.8 Å². The summed E-state index contributed by atoms with van der Waals surface area (Å²) < 4.78 is 0. The predicted molar refractivity (Wildman–Crippen MR) is 70.0 cm³/mol. The molecule has 17 heavy (non-hydrogen) atoms. The smallest absolute Gasteiger partial charge is 0.115 e. The lowest BCUT2D eigenvalue weighted by atomic mass is 9.80. The van der Waals surface area contributed by atoms with Crippen LogP contribution in [-0.2, 0) is 5.60 Å². The molecule has 0 fully saturated rings. The third-order valence-electron chi connectivity index (χ3n) is 3.36. The lowest BCUT2D eigenvalue weighted by Gasteiger charge is -2.35. The Labute approximate surface area is 104 Å². The summed E-state index contributed by atoms with van der Waals surface area (Å²) in [6.45, 7) is 4.86. The van der Waals surface area contributed by atoms with Gasteiger partial charge in [-0.3, -0.25) is 0 Å². The first-order valence-corrected chi connectivity index (χ1v) is 6.06. The number of aromatic hydroxyl groups is 1. The summed E-state index contributed by atoms with van der Waals surface area (Å²) in [6, 6.07) is 6.84. The summed E-state index contributed by atoms with van der Waals surface area (Å²) in [5, 5.41) is 20.1. The summed E-state index contributed by atoms with van der Waals surface area (Å²) in [5.41, 5.74) is 0.0324. The van der Waals surface area contributed by atoms with E-state index in [4.69, 9.17) is 0 Å². The Morgan fingerprint density at radius 3 is 2.18 bits per heavy atom. The van der Waals surface area contributed by atoms with Crippen molar-refractivity contribution in [3.8, 4) is 5.75 Å². The molecule has 1 rings (SSSR count). The zero-order valence-electron chi connectivity index (χ0n) is 11.1. The van der Waals surface area contributed by atoms with Crippen LogP contribution in [0.2, 0.25) is 0 Å². The number of nitrogens with zero attached hydrogens (tertiary/aromatic N) is 1. The van der Waals surface area contributed by atoms with Crippen LogP contribution < -0.4 is 0 Å². The van der Waals surface area contributed by atoms with E-state index in [-0.39, 0.29) is 11.7 Å². The molecule has 2 N–H and O–H groups in total. The lowest BCUT2D eigenvalue weighted by molar-refractivity contribution is -0.0292. The van der Waals surface area contributed by atoms with Crippen molar-refractivity contribution in [2.45, 2.75) is 25.9 Å². The number of phenols is 1. The number of benzene rings is 1. The van der Waals surface area contributed by atoms with Crippen molar-refractivity contribution in [3.63, 3.8) is 0 Å². The van der Waals surface area contributed by atoms with Crippen LogP contribution in [-0.4, -0.2) is 35.8 Å². The van der Waals surface area contributed by atoms with Crippen LogP contribution in [0.5, 0.6) is 5.75 Å². The Morgan fingerprint density at radius 1 is 1.24 bits per heavy atom. The highest BCUT2D eigenvalue weighted by molar-refractivity contribution is 5.30. The van der Waals surface area contributed by atoms with Crippen LogP contribution in [0.1, 0.15) is 25.8 Å². The molecule has 0 aliphatic heterocycles. The molecular weight excluding hydrogens is 214 g/mol. The first kappa shape index (κ1) is 14.0. The molecule has 0 radical (unpaired) electrons. The van der Waals surface area contributed by atoms with Gasteiger partial charge in [-0.15, -0.1) is 0 Å². The Kier molecular flexibility index (Phi) is 4.54. The highest BCUT2D eigenvalue weighted by atomic mass is 16.3. The van der Waals surface area contributed by atoms with Crippen molar-refractivity contribution in [3.05, 3.63) is 29.8 Å². The van der Waals surface area contributed by atoms with Gasteiger partial charge in [0.15, 0.2) is 0 Å². The van der Waals surface area contributed by atoms with Crippen LogP contribution in [0.15, 0.2) is 24.3 Å². The number of aliphatic hydroxyl groups is 1. The molecule has 96 valence electrons. The average molecular weight is 237 g/mol. The molecule has 2 unspecified atom stereocenters. The summed E-state index contributed by atoms with van der Waals surface area (Å²) in [4.78, 5) is 2.08. The lowest BCUT2D eigenvalue weighted by Crippen LogP contribution is -2.38. The second kappa shape index (κ2) is 5.52. The van der Waals surface area contributed by atoms with E-state index in [9.17, 15) is 10.2 Å². The molecule has 0 saturated carbocycles. The van der Waals surface area contributed by atoms with E-state index in [1.807, 2.05) is 21.0 Å². The summed E-state index contributed by atoms with van der Waals surface area (Å²) in [7, 11) is 4.01. The van der Waals surface area contributed by atoms with Gasteiger partial charge in [0.25, 0.3) is 0 Å². The van der Waals surface area contributed by atoms with Gasteiger partial charge in [-0.25, -0.2) is 0 Å². The van der Waals surface area contributed by atoms with Crippen LogP contribution in [0, 0.1) is 5.92 Å². The van der Waals surface area contributed by atoms with Gasteiger partial charge in [0.2, 0.25) is 0 Å². The SMILES string of the molecule is CCC(O)(c1ccc(O)cc1)C(C)CN(C)C. The van der Waals surface area contributed by atoms with Gasteiger partial charge < -0.3 is 15.1 Å². The largest absolute Gasteiger partial charge is 0.508 e. The van der Waals surface area contributed by atoms with Gasteiger partial charge in [-0.05, 0) is 38.2 Å². The number of phenolic OH excluding ortho intramolecular Hbond substituents is 1. The minimum Gasteiger partial charge on any atom is -0.508 e. The van der Waals surface area contributed by atoms with Crippen molar-refractivity contribution in [2.75, 3.05) is 20.6 Å². The van der Waals surface area contributed by atoms with Gasteiger partial charge in [0, 0.05) is 12.5 Å². The van der Waals surface area contributed by atoms with E-state index in [0.29, 0.717) is 6.42 Å². The van der Waals surface area contributed by atoms with Gasteiger partial charge in [0.1, 0.15) is 5.75 Å². The van der Waals surface area contributed by atoms with Crippen molar-refractivity contribution in [1.82, 2.24) is 4.90 Å². The molecule has 0 aliphatic rings. The van der Waals surface area contributed by atoms with Gasteiger partial charge >= 0.3 is 0 Å². The van der Waals surface area contributed by atoms with Crippen molar-refractivity contribution in [2.24, 2.45) is 5.92 Å². The van der Waals surface area contributed by atoms with Crippen molar-refractivity contribution in [1.29, 1.82) is 0 Å². The molecule has 0 heterocycles. The van der Waals surface area contributed by atoms with Gasteiger partial charge in [-0.2, -0.15) is 0 Å². The normalized spacial score (nSPS) is 16.8. The van der Waals surface area contributed by atoms with Crippen molar-refractivity contribution >= 4 is 0 Å². The van der Waals surface area contributed by atoms with Gasteiger partial charge in [0.05, 0.1) is 5.60 Å². The third-order valence-corrected chi connectivity index (χ3v) is 3.36. The summed E-state index contributed by atoms with van der Waals surface area (Å²) in [5.74, 6) is 0.361. The second-order valence-corrected chi connectivity index (χ2v) is 4.99. The van der Waals surface area contributed by atoms with E-state index >= 15 is 0 Å². The Hall–Kier alpha value is -1.06. The van der Waals surface area contributed by atoms with Crippen LogP contribution in [0.3, 0.4) is 0 Å². The molecule has 0 aliphatic carbocycles. The first-order valence-electron chi connectivity index (χ1n) is 6.06. The molecule has 0 spiro atoms. The molecule has 0 amide bonds. The molecule has 3 heteroatoms. The average Bonchev–Trinajstić information content (AvgIpc) is 2.28. The van der Waals surface area contributed by atoms with Crippen LogP contribution in [0.4, 0.5) is 0 Å². The quantitative estimate of drug-likeness (QED) is 0.825. The zero-order valence-corrected chi connectivity index (χ0v) is 11.1. The molecular formula is C14H23NO2. The first-order chi connectivity index (χ1) is 7.90. The second-order valence-electron chi connectivity index (χ2n) is 4.99. The fourth-order valence-corrected chi connectivity index (χ4v) is 2.29. The monoisotopic (exact) mass is 237 g/mol. The zero-order chi connectivity index (χ0) is 13.1. The molecule has 0 bridgehead atoms. The summed E-state index contributed by atoms with van der Waals surface area (Å²) in [6.07, 6.45) is 0.660. The highest BCUT2D eigenvalue weighted by Crippen LogP contribution is 2.34. The molecule has 0 saturated heterocycles. The number of hydrogen-bond donors (Lipinski definition) is 2. The Balaban J connectivity index is 2.98. The number of rotatable bonds is 5. The number of hydrogen-bond acceptors (Lipinski definition) is 3. The minimum absolute atomic E-state index is 0.132. The van der Waals surface area contributed by atoms with E-state index in [1.165, 1.54) is 0 Å².